The van der Waals surface area contributed by atoms with Crippen LogP contribution >= 0.6 is 12.2 Å². The molecule has 0 saturated carbocycles. The first-order valence-electron chi connectivity index (χ1n) is 3.26. The van der Waals surface area contributed by atoms with Gasteiger partial charge in [-0.2, -0.15) is 0 Å². The summed E-state index contributed by atoms with van der Waals surface area (Å²) in [7, 11) is -2.82. The molecule has 0 aromatic carbocycles. The van der Waals surface area contributed by atoms with Gasteiger partial charge in [-0.25, -0.2) is 8.42 Å². The summed E-state index contributed by atoms with van der Waals surface area (Å²) in [4.78, 5) is 0. The van der Waals surface area contributed by atoms with Crippen LogP contribution in [0.4, 0.5) is 0 Å². The Balaban J connectivity index is 2.49. The summed E-state index contributed by atoms with van der Waals surface area (Å²) < 4.78 is 21.8. The first-order chi connectivity index (χ1) is 4.99. The molecule has 1 rings (SSSR count). The van der Waals surface area contributed by atoms with Crippen LogP contribution < -0.4 is 11.1 Å². The van der Waals surface area contributed by atoms with Gasteiger partial charge < -0.3 is 11.1 Å². The lowest BCUT2D eigenvalue weighted by Crippen LogP contribution is -2.38. The summed E-state index contributed by atoms with van der Waals surface area (Å²) in [5.41, 5.74) is 5.19. The van der Waals surface area contributed by atoms with Crippen molar-refractivity contribution < 1.29 is 8.42 Å². The predicted octanol–water partition coefficient (Wildman–Crippen LogP) is -0.993. The molecule has 0 aromatic rings. The minimum absolute atomic E-state index is 0.0718. The van der Waals surface area contributed by atoms with E-state index in [1.165, 1.54) is 0 Å². The zero-order chi connectivity index (χ0) is 8.48. The zero-order valence-corrected chi connectivity index (χ0v) is 7.54. The molecule has 1 fully saturated rings. The standard InChI is InChI=1S/C5H10N2O2S2/c6-5(10)7-4-1-2-11(8,9)3-4/h4H,1-3H2,(H3,6,7,10)/t4-/m1/s1. The molecule has 4 nitrogen and oxygen atoms in total. The largest absolute Gasteiger partial charge is 0.376 e. The predicted molar refractivity (Wildman–Crippen MR) is 47.0 cm³/mol. The summed E-state index contributed by atoms with van der Waals surface area (Å²) >= 11 is 4.58. The Hall–Kier alpha value is -0.360. The van der Waals surface area contributed by atoms with Gasteiger partial charge in [0.25, 0.3) is 0 Å². The van der Waals surface area contributed by atoms with E-state index in [1.54, 1.807) is 0 Å². The van der Waals surface area contributed by atoms with Gasteiger partial charge in [-0.05, 0) is 18.6 Å². The highest BCUT2D eigenvalue weighted by Gasteiger charge is 2.27. The van der Waals surface area contributed by atoms with Crippen molar-refractivity contribution in [3.63, 3.8) is 0 Å². The van der Waals surface area contributed by atoms with Gasteiger partial charge in [0.05, 0.1) is 11.5 Å². The van der Waals surface area contributed by atoms with Gasteiger partial charge in [0.2, 0.25) is 0 Å². The number of nitrogens with one attached hydrogen (secondary N) is 1. The number of thiocarbonyl (C=S) groups is 1. The van der Waals surface area contributed by atoms with Crippen molar-refractivity contribution in [2.45, 2.75) is 12.5 Å². The second-order valence-corrected chi connectivity index (χ2v) is 5.28. The Morgan fingerprint density at radius 2 is 2.27 bits per heavy atom. The third-order valence-electron chi connectivity index (χ3n) is 1.58. The summed E-state index contributed by atoms with van der Waals surface area (Å²) in [5.74, 6) is 0.400. The minimum atomic E-state index is -2.82. The molecular weight excluding hydrogens is 184 g/mol. The maximum atomic E-state index is 10.9. The molecule has 0 radical (unpaired) electrons. The van der Waals surface area contributed by atoms with E-state index in [-0.39, 0.29) is 22.7 Å². The molecule has 0 spiro atoms. The highest BCUT2D eigenvalue weighted by atomic mass is 32.2. The fourth-order valence-electron chi connectivity index (χ4n) is 1.11. The lowest BCUT2D eigenvalue weighted by Gasteiger charge is -2.08. The Labute approximate surface area is 71.1 Å². The molecule has 1 heterocycles. The average molecular weight is 194 g/mol. The van der Waals surface area contributed by atoms with Crippen LogP contribution in [0.1, 0.15) is 6.42 Å². The first-order valence-corrected chi connectivity index (χ1v) is 5.49. The second kappa shape index (κ2) is 2.94. The molecule has 64 valence electrons. The molecule has 1 aliphatic heterocycles. The smallest absolute Gasteiger partial charge is 0.163 e. The van der Waals surface area contributed by atoms with Crippen molar-refractivity contribution in [3.8, 4) is 0 Å². The van der Waals surface area contributed by atoms with E-state index >= 15 is 0 Å². The maximum absolute atomic E-state index is 10.9. The fraction of sp³-hybridized carbons (Fsp3) is 0.800. The summed E-state index contributed by atoms with van der Waals surface area (Å²) in [5, 5.41) is 2.90. The SMILES string of the molecule is NC(=S)N[C@@H]1CCS(=O)(=O)C1. The van der Waals surface area contributed by atoms with Crippen molar-refractivity contribution in [2.24, 2.45) is 5.73 Å². The monoisotopic (exact) mass is 194 g/mol. The topological polar surface area (TPSA) is 72.2 Å². The Bertz CT molecular complexity index is 260. The summed E-state index contributed by atoms with van der Waals surface area (Å²) in [6.45, 7) is 0. The molecule has 0 aliphatic carbocycles. The highest BCUT2D eigenvalue weighted by molar-refractivity contribution is 7.91. The van der Waals surface area contributed by atoms with Crippen LogP contribution in [0, 0.1) is 0 Å². The van der Waals surface area contributed by atoms with E-state index < -0.39 is 9.84 Å². The van der Waals surface area contributed by atoms with Gasteiger partial charge in [0, 0.05) is 6.04 Å². The molecule has 1 aliphatic rings. The third-order valence-corrected chi connectivity index (χ3v) is 3.46. The van der Waals surface area contributed by atoms with Crippen LogP contribution in [0.5, 0.6) is 0 Å². The van der Waals surface area contributed by atoms with Gasteiger partial charge >= 0.3 is 0 Å². The zero-order valence-electron chi connectivity index (χ0n) is 5.91. The normalized spacial score (nSPS) is 28.2. The van der Waals surface area contributed by atoms with Crippen LogP contribution in [0.25, 0.3) is 0 Å². The van der Waals surface area contributed by atoms with Crippen LogP contribution in [-0.4, -0.2) is 31.1 Å². The van der Waals surface area contributed by atoms with E-state index in [4.69, 9.17) is 5.73 Å². The quantitative estimate of drug-likeness (QED) is 0.524. The van der Waals surface area contributed by atoms with Crippen molar-refractivity contribution in [1.29, 1.82) is 0 Å². The Kier molecular flexibility index (Phi) is 2.34. The lowest BCUT2D eigenvalue weighted by molar-refractivity contribution is 0.600. The number of rotatable bonds is 1. The molecule has 11 heavy (non-hydrogen) atoms. The van der Waals surface area contributed by atoms with Crippen LogP contribution in [0.3, 0.4) is 0 Å². The average Bonchev–Trinajstić information content (AvgIpc) is 2.08. The molecule has 0 aromatic heterocycles. The second-order valence-electron chi connectivity index (χ2n) is 2.61. The van der Waals surface area contributed by atoms with E-state index in [1.807, 2.05) is 0 Å². The Morgan fingerprint density at radius 3 is 2.64 bits per heavy atom. The van der Waals surface area contributed by atoms with Gasteiger partial charge in [-0.3, -0.25) is 0 Å². The van der Waals surface area contributed by atoms with Gasteiger partial charge in [-0.1, -0.05) is 0 Å². The number of sulfone groups is 1. The summed E-state index contributed by atoms with van der Waals surface area (Å²) in [6.07, 6.45) is 0.611. The van der Waals surface area contributed by atoms with Crippen LogP contribution in [0.2, 0.25) is 0 Å². The lowest BCUT2D eigenvalue weighted by atomic mass is 10.3. The van der Waals surface area contributed by atoms with E-state index in [0.29, 0.717) is 6.42 Å². The molecule has 0 bridgehead atoms. The van der Waals surface area contributed by atoms with E-state index in [0.717, 1.165) is 0 Å². The molecule has 3 N–H and O–H groups in total. The molecule has 0 amide bonds. The van der Waals surface area contributed by atoms with Crippen molar-refractivity contribution in [3.05, 3.63) is 0 Å². The number of hydrogen-bond acceptors (Lipinski definition) is 3. The highest BCUT2D eigenvalue weighted by Crippen LogP contribution is 2.10. The first kappa shape index (κ1) is 8.73. The van der Waals surface area contributed by atoms with Crippen molar-refractivity contribution in [2.75, 3.05) is 11.5 Å². The van der Waals surface area contributed by atoms with Crippen molar-refractivity contribution >= 4 is 27.2 Å². The van der Waals surface area contributed by atoms with E-state index in [2.05, 4.69) is 17.5 Å². The van der Waals surface area contributed by atoms with Crippen LogP contribution in [0.15, 0.2) is 0 Å². The Morgan fingerprint density at radius 1 is 1.64 bits per heavy atom. The molecule has 6 heteroatoms. The van der Waals surface area contributed by atoms with Gasteiger partial charge in [0.1, 0.15) is 0 Å². The van der Waals surface area contributed by atoms with E-state index in [9.17, 15) is 8.42 Å². The number of hydrogen-bond donors (Lipinski definition) is 2. The fourth-order valence-corrected chi connectivity index (χ4v) is 2.95. The van der Waals surface area contributed by atoms with Gasteiger partial charge in [-0.15, -0.1) is 0 Å². The van der Waals surface area contributed by atoms with Gasteiger partial charge in [0.15, 0.2) is 14.9 Å². The molecule has 1 atom stereocenters. The molecule has 1 saturated heterocycles. The van der Waals surface area contributed by atoms with Crippen LogP contribution in [-0.2, 0) is 9.84 Å². The minimum Gasteiger partial charge on any atom is -0.376 e. The summed E-state index contributed by atoms with van der Waals surface area (Å²) in [6, 6.07) is -0.0718. The maximum Gasteiger partial charge on any atom is 0.163 e. The van der Waals surface area contributed by atoms with Crippen molar-refractivity contribution in [1.82, 2.24) is 5.32 Å². The molecular formula is C5H10N2O2S2. The molecule has 0 unspecified atom stereocenters. The number of nitrogens with two attached hydrogens (primary N) is 1. The third kappa shape index (κ3) is 2.63.